The summed E-state index contributed by atoms with van der Waals surface area (Å²) in [5, 5.41) is 0.551. The van der Waals surface area contributed by atoms with Crippen LogP contribution in [0.4, 0.5) is 0 Å². The molecule has 1 N–H and O–H groups in total. The van der Waals surface area contributed by atoms with E-state index in [0.29, 0.717) is 41.8 Å². The highest BCUT2D eigenvalue weighted by atomic mass is 35.5. The van der Waals surface area contributed by atoms with Crippen LogP contribution in [0, 0.1) is 5.92 Å². The highest BCUT2D eigenvalue weighted by molar-refractivity contribution is 6.33. The number of aromatic nitrogens is 2. The predicted octanol–water partition coefficient (Wildman–Crippen LogP) is 3.60. The highest BCUT2D eigenvalue weighted by Crippen LogP contribution is 2.32. The highest BCUT2D eigenvalue weighted by Gasteiger charge is 2.34. The Hall–Kier alpha value is -2.14. The van der Waals surface area contributed by atoms with Crippen molar-refractivity contribution in [1.29, 1.82) is 0 Å². The van der Waals surface area contributed by atoms with Gasteiger partial charge in [0.05, 0.1) is 10.7 Å². The van der Waals surface area contributed by atoms with Crippen molar-refractivity contribution in [2.75, 3.05) is 13.1 Å². The van der Waals surface area contributed by atoms with E-state index in [9.17, 15) is 9.59 Å². The summed E-state index contributed by atoms with van der Waals surface area (Å²) in [7, 11) is 0. The third kappa shape index (κ3) is 3.54. The van der Waals surface area contributed by atoms with E-state index < -0.39 is 0 Å². The van der Waals surface area contributed by atoms with Gasteiger partial charge < -0.3 is 9.88 Å². The summed E-state index contributed by atoms with van der Waals surface area (Å²) >= 11 is 6.22. The van der Waals surface area contributed by atoms with Gasteiger partial charge in [-0.25, -0.2) is 4.98 Å². The smallest absolute Gasteiger partial charge is 0.251 e. The van der Waals surface area contributed by atoms with Crippen molar-refractivity contribution >= 4 is 17.5 Å². The number of carbonyl (C=O) groups excluding carboxylic acids is 1. The molecule has 1 aromatic heterocycles. The molecule has 0 atom stereocenters. The molecule has 0 unspecified atom stereocenters. The van der Waals surface area contributed by atoms with Crippen LogP contribution in [0.5, 0.6) is 0 Å². The first-order valence-electron chi connectivity index (χ1n) is 9.24. The summed E-state index contributed by atoms with van der Waals surface area (Å²) in [6.07, 6.45) is 5.53. The van der Waals surface area contributed by atoms with Crippen LogP contribution in [0.2, 0.25) is 5.02 Å². The van der Waals surface area contributed by atoms with E-state index in [0.717, 1.165) is 5.69 Å². The summed E-state index contributed by atoms with van der Waals surface area (Å²) in [5.41, 5.74) is 1.25. The summed E-state index contributed by atoms with van der Waals surface area (Å²) in [5.74, 6) is 1.40. The minimum Gasteiger partial charge on any atom is -0.341 e. The lowest BCUT2D eigenvalue weighted by atomic mass is 9.94. The molecule has 2 fully saturated rings. The van der Waals surface area contributed by atoms with Gasteiger partial charge in [-0.15, -0.1) is 0 Å². The van der Waals surface area contributed by atoms with Crippen LogP contribution >= 0.6 is 11.6 Å². The number of H-pyrrole nitrogens is 1. The minimum atomic E-state index is -0.194. The van der Waals surface area contributed by atoms with Crippen LogP contribution in [0.3, 0.4) is 0 Å². The van der Waals surface area contributed by atoms with E-state index in [1.807, 2.05) is 23.1 Å². The normalized spacial score (nSPS) is 18.1. The van der Waals surface area contributed by atoms with Gasteiger partial charge in [0.1, 0.15) is 5.82 Å². The molecule has 0 spiro atoms. The predicted molar refractivity (Wildman–Crippen MR) is 101 cm³/mol. The zero-order chi connectivity index (χ0) is 18.1. The number of aromatic amines is 1. The van der Waals surface area contributed by atoms with E-state index in [2.05, 4.69) is 9.97 Å². The van der Waals surface area contributed by atoms with Gasteiger partial charge in [-0.3, -0.25) is 9.59 Å². The number of benzene rings is 1. The molecule has 1 amide bonds. The standard InChI is InChI=1S/C20H22ClN3O2/c21-16-8-4-3-7-15(16)20-22-17(10-18(25)23-20)14-11-24(12-14)19(26)9-13-5-1-2-6-13/h3-4,7-8,10,13-14H,1-2,5-6,9,11-12H2,(H,22,23,25). The Balaban J connectivity index is 1.45. The first-order valence-corrected chi connectivity index (χ1v) is 9.62. The summed E-state index contributed by atoms with van der Waals surface area (Å²) in [4.78, 5) is 33.7. The number of nitrogens with zero attached hydrogens (tertiary/aromatic N) is 2. The Labute approximate surface area is 157 Å². The second-order valence-electron chi connectivity index (χ2n) is 7.35. The molecule has 1 saturated carbocycles. The second kappa shape index (κ2) is 7.23. The van der Waals surface area contributed by atoms with Crippen molar-refractivity contribution in [3.63, 3.8) is 0 Å². The number of nitrogens with one attached hydrogen (secondary N) is 1. The van der Waals surface area contributed by atoms with E-state index in [-0.39, 0.29) is 17.4 Å². The van der Waals surface area contributed by atoms with Crippen LogP contribution in [0.25, 0.3) is 11.4 Å². The van der Waals surface area contributed by atoms with Crippen molar-refractivity contribution in [2.24, 2.45) is 5.92 Å². The number of halogens is 1. The van der Waals surface area contributed by atoms with E-state index in [1.54, 1.807) is 6.07 Å². The van der Waals surface area contributed by atoms with Crippen LogP contribution in [-0.4, -0.2) is 33.9 Å². The van der Waals surface area contributed by atoms with Gasteiger partial charge in [0.2, 0.25) is 5.91 Å². The average molecular weight is 372 g/mol. The third-order valence-electron chi connectivity index (χ3n) is 5.48. The SMILES string of the molecule is O=C(CC1CCCC1)N1CC(c2cc(=O)[nH]c(-c3ccccc3Cl)n2)C1. The molecule has 0 bridgehead atoms. The fraction of sp³-hybridized carbons (Fsp3) is 0.450. The Morgan fingerprint density at radius 1 is 1.23 bits per heavy atom. The van der Waals surface area contributed by atoms with E-state index in [4.69, 9.17) is 11.6 Å². The number of hydrogen-bond acceptors (Lipinski definition) is 3. The number of rotatable bonds is 4. The molecule has 1 saturated heterocycles. The summed E-state index contributed by atoms with van der Waals surface area (Å²) in [6.45, 7) is 1.29. The van der Waals surface area contributed by atoms with Gasteiger partial charge >= 0.3 is 0 Å². The monoisotopic (exact) mass is 371 g/mol. The van der Waals surface area contributed by atoms with Crippen LogP contribution in [0.1, 0.15) is 43.7 Å². The quantitative estimate of drug-likeness (QED) is 0.893. The molecule has 6 heteroatoms. The van der Waals surface area contributed by atoms with E-state index >= 15 is 0 Å². The largest absolute Gasteiger partial charge is 0.341 e. The number of likely N-dealkylation sites (tertiary alicyclic amines) is 1. The van der Waals surface area contributed by atoms with Crippen molar-refractivity contribution in [3.05, 3.63) is 51.4 Å². The molecule has 2 heterocycles. The van der Waals surface area contributed by atoms with Crippen molar-refractivity contribution in [3.8, 4) is 11.4 Å². The zero-order valence-electron chi connectivity index (χ0n) is 14.6. The second-order valence-corrected chi connectivity index (χ2v) is 7.76. The molecule has 2 aliphatic rings. The molecular formula is C20H22ClN3O2. The maximum atomic E-state index is 12.4. The molecule has 136 valence electrons. The molecule has 26 heavy (non-hydrogen) atoms. The molecule has 0 radical (unpaired) electrons. The third-order valence-corrected chi connectivity index (χ3v) is 5.81. The first kappa shape index (κ1) is 17.3. The van der Waals surface area contributed by atoms with Crippen molar-refractivity contribution in [1.82, 2.24) is 14.9 Å². The lowest BCUT2D eigenvalue weighted by Gasteiger charge is -2.39. The Morgan fingerprint density at radius 2 is 1.96 bits per heavy atom. The number of carbonyl (C=O) groups is 1. The molecule has 1 aliphatic carbocycles. The maximum Gasteiger partial charge on any atom is 0.251 e. The van der Waals surface area contributed by atoms with Gasteiger partial charge in [-0.05, 0) is 30.9 Å². The van der Waals surface area contributed by atoms with Crippen LogP contribution in [0.15, 0.2) is 35.1 Å². The fourth-order valence-corrected chi connectivity index (χ4v) is 4.15. The van der Waals surface area contributed by atoms with Crippen molar-refractivity contribution in [2.45, 2.75) is 38.0 Å². The Morgan fingerprint density at radius 3 is 2.69 bits per heavy atom. The zero-order valence-corrected chi connectivity index (χ0v) is 15.3. The van der Waals surface area contributed by atoms with Gasteiger partial charge in [-0.2, -0.15) is 0 Å². The van der Waals surface area contributed by atoms with E-state index in [1.165, 1.54) is 31.7 Å². The molecule has 4 rings (SSSR count). The topological polar surface area (TPSA) is 66.1 Å². The van der Waals surface area contributed by atoms with Gasteiger partial charge in [0.25, 0.3) is 5.56 Å². The first-order chi connectivity index (χ1) is 12.6. The van der Waals surface area contributed by atoms with Crippen LogP contribution < -0.4 is 5.56 Å². The maximum absolute atomic E-state index is 12.4. The van der Waals surface area contributed by atoms with Gasteiger partial charge in [-0.1, -0.05) is 36.6 Å². The fourth-order valence-electron chi connectivity index (χ4n) is 3.93. The van der Waals surface area contributed by atoms with Gasteiger partial charge in [0.15, 0.2) is 0 Å². The van der Waals surface area contributed by atoms with Gasteiger partial charge in [0, 0.05) is 37.1 Å². The molecular weight excluding hydrogens is 350 g/mol. The number of hydrogen-bond donors (Lipinski definition) is 1. The minimum absolute atomic E-state index is 0.117. The number of amides is 1. The van der Waals surface area contributed by atoms with Crippen molar-refractivity contribution < 1.29 is 4.79 Å². The lowest BCUT2D eigenvalue weighted by molar-refractivity contribution is -0.136. The van der Waals surface area contributed by atoms with Crippen LogP contribution in [-0.2, 0) is 4.79 Å². The summed E-state index contributed by atoms with van der Waals surface area (Å²) < 4.78 is 0. The average Bonchev–Trinajstić information content (AvgIpc) is 3.06. The molecule has 1 aliphatic heterocycles. The summed E-state index contributed by atoms with van der Waals surface area (Å²) in [6, 6.07) is 8.84. The molecule has 1 aromatic carbocycles. The Kier molecular flexibility index (Phi) is 4.81. The molecule has 2 aromatic rings. The lowest BCUT2D eigenvalue weighted by Crippen LogP contribution is -2.49. The molecule has 5 nitrogen and oxygen atoms in total. The Bertz CT molecular complexity index is 867.